The summed E-state index contributed by atoms with van der Waals surface area (Å²) in [5.74, 6) is -7.85. The van der Waals surface area contributed by atoms with Gasteiger partial charge in [0.1, 0.15) is 11.7 Å². The minimum Gasteiger partial charge on any atom is -0.319 e. The lowest BCUT2D eigenvalue weighted by molar-refractivity contribution is -0.119. The molecular weight excluding hydrogens is 390 g/mol. The van der Waals surface area contributed by atoms with E-state index in [4.69, 9.17) is 0 Å². The SMILES string of the molecule is CC[C@H](C(=O)Nc1c(F)c(F)cc(F)c1F)n1nc(-c2ccccc2)ccc1=O. The van der Waals surface area contributed by atoms with Crippen LogP contribution >= 0.6 is 0 Å². The highest BCUT2D eigenvalue weighted by Crippen LogP contribution is 2.25. The normalized spacial score (nSPS) is 11.9. The zero-order chi connectivity index (χ0) is 21.1. The summed E-state index contributed by atoms with van der Waals surface area (Å²) in [6.07, 6.45) is 0.0258. The van der Waals surface area contributed by atoms with Crippen molar-refractivity contribution in [2.75, 3.05) is 5.32 Å². The zero-order valence-corrected chi connectivity index (χ0v) is 15.1. The van der Waals surface area contributed by atoms with E-state index in [1.807, 2.05) is 5.32 Å². The average molecular weight is 405 g/mol. The molecular formula is C20H15F4N3O2. The van der Waals surface area contributed by atoms with Crippen LogP contribution in [0.15, 0.2) is 53.3 Å². The third-order valence-electron chi connectivity index (χ3n) is 4.24. The summed E-state index contributed by atoms with van der Waals surface area (Å²) in [7, 11) is 0. The lowest BCUT2D eigenvalue weighted by Crippen LogP contribution is -2.35. The largest absolute Gasteiger partial charge is 0.319 e. The van der Waals surface area contributed by atoms with Gasteiger partial charge in [-0.25, -0.2) is 22.2 Å². The van der Waals surface area contributed by atoms with Crippen LogP contribution in [0.5, 0.6) is 0 Å². The molecule has 0 aliphatic rings. The molecule has 1 heterocycles. The van der Waals surface area contributed by atoms with Gasteiger partial charge in [-0.05, 0) is 12.5 Å². The second-order valence-electron chi connectivity index (χ2n) is 6.12. The highest BCUT2D eigenvalue weighted by molar-refractivity contribution is 5.93. The Bertz CT molecular complexity index is 1090. The molecule has 9 heteroatoms. The lowest BCUT2D eigenvalue weighted by atomic mass is 10.1. The first-order chi connectivity index (χ1) is 13.8. The number of nitrogens with one attached hydrogen (secondary N) is 1. The number of nitrogens with zero attached hydrogens (tertiary/aromatic N) is 2. The van der Waals surface area contributed by atoms with Gasteiger partial charge in [0, 0.05) is 17.7 Å². The number of hydrogen-bond donors (Lipinski definition) is 1. The van der Waals surface area contributed by atoms with Gasteiger partial charge in [0.2, 0.25) is 5.91 Å². The maximum Gasteiger partial charge on any atom is 0.267 e. The van der Waals surface area contributed by atoms with Crippen molar-refractivity contribution in [3.05, 3.63) is 82.2 Å². The summed E-state index contributed by atoms with van der Waals surface area (Å²) in [5, 5.41) is 5.99. The van der Waals surface area contributed by atoms with Crippen molar-refractivity contribution in [1.29, 1.82) is 0 Å². The van der Waals surface area contributed by atoms with E-state index < -0.39 is 46.5 Å². The van der Waals surface area contributed by atoms with Crippen molar-refractivity contribution in [1.82, 2.24) is 9.78 Å². The molecule has 0 radical (unpaired) electrons. The minimum absolute atomic E-state index is 0.0258. The molecule has 29 heavy (non-hydrogen) atoms. The number of carbonyl (C=O) groups excluding carboxylic acids is 1. The molecule has 0 unspecified atom stereocenters. The summed E-state index contributed by atoms with van der Waals surface area (Å²) in [5.41, 5.74) is -0.817. The fourth-order valence-corrected chi connectivity index (χ4v) is 2.77. The van der Waals surface area contributed by atoms with Crippen LogP contribution in [0.3, 0.4) is 0 Å². The standard InChI is InChI=1S/C20H15F4N3O2/c1-2-15(20(29)25-19-17(23)12(21)10-13(22)18(19)24)27-16(28)9-8-14(26-27)11-6-4-3-5-7-11/h3-10,15H,2H2,1H3,(H,25,29)/t15-/m1/s1. The topological polar surface area (TPSA) is 64.0 Å². The Labute approximate surface area is 162 Å². The molecule has 3 aromatic rings. The fraction of sp³-hybridized carbons (Fsp3) is 0.150. The Morgan fingerprint density at radius 3 is 2.24 bits per heavy atom. The summed E-state index contributed by atoms with van der Waals surface area (Å²) < 4.78 is 55.3. The highest BCUT2D eigenvalue weighted by Gasteiger charge is 2.26. The van der Waals surface area contributed by atoms with E-state index in [-0.39, 0.29) is 12.5 Å². The number of aromatic nitrogens is 2. The number of amides is 1. The monoisotopic (exact) mass is 405 g/mol. The Balaban J connectivity index is 1.99. The van der Waals surface area contributed by atoms with Gasteiger partial charge in [0.05, 0.1) is 5.69 Å². The molecule has 1 atom stereocenters. The van der Waals surface area contributed by atoms with Gasteiger partial charge in [-0.15, -0.1) is 0 Å². The average Bonchev–Trinajstić information content (AvgIpc) is 2.72. The summed E-state index contributed by atoms with van der Waals surface area (Å²) in [6, 6.07) is 10.3. The number of halogens is 4. The summed E-state index contributed by atoms with van der Waals surface area (Å²) >= 11 is 0. The molecule has 150 valence electrons. The Kier molecular flexibility index (Phi) is 5.76. The van der Waals surface area contributed by atoms with Crippen molar-refractivity contribution >= 4 is 11.6 Å². The van der Waals surface area contributed by atoms with Crippen LogP contribution in [0.25, 0.3) is 11.3 Å². The van der Waals surface area contributed by atoms with Crippen LogP contribution in [-0.2, 0) is 4.79 Å². The first-order valence-corrected chi connectivity index (χ1v) is 8.62. The van der Waals surface area contributed by atoms with Gasteiger partial charge >= 0.3 is 0 Å². The van der Waals surface area contributed by atoms with E-state index in [2.05, 4.69) is 5.10 Å². The van der Waals surface area contributed by atoms with Crippen molar-refractivity contribution in [2.24, 2.45) is 0 Å². The maximum absolute atomic E-state index is 13.9. The summed E-state index contributed by atoms with van der Waals surface area (Å²) in [6.45, 7) is 1.55. The van der Waals surface area contributed by atoms with Gasteiger partial charge in [0.15, 0.2) is 23.3 Å². The van der Waals surface area contributed by atoms with Crippen LogP contribution in [0.2, 0.25) is 0 Å². The Hall–Kier alpha value is -3.49. The second-order valence-corrected chi connectivity index (χ2v) is 6.12. The first kappa shape index (κ1) is 20.2. The van der Waals surface area contributed by atoms with Gasteiger partial charge in [-0.2, -0.15) is 5.10 Å². The molecule has 0 spiro atoms. The van der Waals surface area contributed by atoms with Crippen molar-refractivity contribution in [2.45, 2.75) is 19.4 Å². The van der Waals surface area contributed by atoms with E-state index in [1.54, 1.807) is 37.3 Å². The molecule has 0 bridgehead atoms. The quantitative estimate of drug-likeness (QED) is 0.514. The molecule has 5 nitrogen and oxygen atoms in total. The minimum atomic E-state index is -1.74. The van der Waals surface area contributed by atoms with Gasteiger partial charge in [0.25, 0.3) is 5.56 Å². The number of carbonyl (C=O) groups is 1. The van der Waals surface area contributed by atoms with E-state index in [0.29, 0.717) is 11.3 Å². The van der Waals surface area contributed by atoms with Gasteiger partial charge in [-0.1, -0.05) is 37.3 Å². The number of hydrogen-bond acceptors (Lipinski definition) is 3. The predicted molar refractivity (Wildman–Crippen MR) is 98.2 cm³/mol. The molecule has 0 aliphatic carbocycles. The number of rotatable bonds is 5. The molecule has 1 amide bonds. The second kappa shape index (κ2) is 8.26. The van der Waals surface area contributed by atoms with E-state index in [1.165, 1.54) is 12.1 Å². The molecule has 0 saturated carbocycles. The van der Waals surface area contributed by atoms with Crippen LogP contribution in [-0.4, -0.2) is 15.7 Å². The van der Waals surface area contributed by atoms with E-state index >= 15 is 0 Å². The predicted octanol–water partition coefficient (Wildman–Crippen LogP) is 4.06. The van der Waals surface area contributed by atoms with Gasteiger partial charge < -0.3 is 5.32 Å². The Morgan fingerprint density at radius 1 is 1.03 bits per heavy atom. The van der Waals surface area contributed by atoms with E-state index in [9.17, 15) is 27.2 Å². The number of benzene rings is 2. The smallest absolute Gasteiger partial charge is 0.267 e. The molecule has 2 aromatic carbocycles. The highest BCUT2D eigenvalue weighted by atomic mass is 19.2. The van der Waals surface area contributed by atoms with Crippen molar-refractivity contribution < 1.29 is 22.4 Å². The molecule has 0 fully saturated rings. The molecule has 0 aliphatic heterocycles. The Morgan fingerprint density at radius 2 is 1.66 bits per heavy atom. The van der Waals surface area contributed by atoms with E-state index in [0.717, 1.165) is 4.68 Å². The first-order valence-electron chi connectivity index (χ1n) is 8.62. The van der Waals surface area contributed by atoms with Gasteiger partial charge in [-0.3, -0.25) is 9.59 Å². The third kappa shape index (κ3) is 4.03. The molecule has 1 aromatic heterocycles. The molecule has 0 saturated heterocycles. The van der Waals surface area contributed by atoms with Crippen LogP contribution in [0.1, 0.15) is 19.4 Å². The number of anilines is 1. The van der Waals surface area contributed by atoms with Crippen LogP contribution < -0.4 is 10.9 Å². The lowest BCUT2D eigenvalue weighted by Gasteiger charge is -2.18. The zero-order valence-electron chi connectivity index (χ0n) is 15.1. The molecule has 3 rings (SSSR count). The van der Waals surface area contributed by atoms with Crippen molar-refractivity contribution in [3.8, 4) is 11.3 Å². The summed E-state index contributed by atoms with van der Waals surface area (Å²) in [4.78, 5) is 24.8. The van der Waals surface area contributed by atoms with Crippen LogP contribution in [0, 0.1) is 23.3 Å². The van der Waals surface area contributed by atoms with Crippen LogP contribution in [0.4, 0.5) is 23.2 Å². The maximum atomic E-state index is 13.9. The molecule has 1 N–H and O–H groups in total. The fourth-order valence-electron chi connectivity index (χ4n) is 2.77. The third-order valence-corrected chi connectivity index (χ3v) is 4.24. The van der Waals surface area contributed by atoms with Crippen molar-refractivity contribution in [3.63, 3.8) is 0 Å².